The molecule has 0 aliphatic heterocycles. The van der Waals surface area contributed by atoms with Crippen LogP contribution in [0.2, 0.25) is 0 Å². The van der Waals surface area contributed by atoms with E-state index in [1.807, 2.05) is 0 Å². The first kappa shape index (κ1) is 15.7. The zero-order valence-electron chi connectivity index (χ0n) is 10.6. The van der Waals surface area contributed by atoms with Gasteiger partial charge in [-0.2, -0.15) is 0 Å². The molecule has 0 aliphatic carbocycles. The van der Waals surface area contributed by atoms with Crippen LogP contribution < -0.4 is 5.32 Å². The minimum atomic E-state index is 0.128. The molecule has 0 atom stereocenters. The normalized spacial score (nSPS) is 10.8. The highest BCUT2D eigenvalue weighted by Gasteiger charge is 2.00. The van der Waals surface area contributed by atoms with Crippen molar-refractivity contribution in [2.45, 2.75) is 39.5 Å². The Hall–Kier alpha value is -0.280. The minimum Gasteiger partial charge on any atom is -0.356 e. The topological polar surface area (TPSA) is 32.3 Å². The Labute approximate surface area is 105 Å². The lowest BCUT2D eigenvalue weighted by Gasteiger charge is -2.17. The zero-order valence-corrected chi connectivity index (χ0v) is 11.4. The van der Waals surface area contributed by atoms with E-state index >= 15 is 0 Å². The van der Waals surface area contributed by atoms with Gasteiger partial charge in [-0.25, -0.2) is 0 Å². The molecule has 0 aromatic carbocycles. The number of hydrogen-bond acceptors (Lipinski definition) is 2. The van der Waals surface area contributed by atoms with Gasteiger partial charge in [0.25, 0.3) is 0 Å². The van der Waals surface area contributed by atoms with Gasteiger partial charge in [0.2, 0.25) is 5.91 Å². The predicted molar refractivity (Wildman–Crippen MR) is 70.0 cm³/mol. The average molecular weight is 249 g/mol. The van der Waals surface area contributed by atoms with Crippen molar-refractivity contribution in [2.75, 3.05) is 32.1 Å². The molecule has 0 fully saturated rings. The number of halogens is 1. The number of amides is 1. The van der Waals surface area contributed by atoms with Gasteiger partial charge in [0.05, 0.1) is 0 Å². The van der Waals surface area contributed by atoms with Crippen molar-refractivity contribution in [3.63, 3.8) is 0 Å². The van der Waals surface area contributed by atoms with Gasteiger partial charge in [-0.1, -0.05) is 13.8 Å². The van der Waals surface area contributed by atoms with Gasteiger partial charge < -0.3 is 10.2 Å². The summed E-state index contributed by atoms with van der Waals surface area (Å²) in [5.41, 5.74) is 0. The molecule has 1 N–H and O–H groups in total. The van der Waals surface area contributed by atoms with Crippen LogP contribution in [0.4, 0.5) is 0 Å². The fraction of sp³-hybridized carbons (Fsp3) is 0.917. The smallest absolute Gasteiger partial charge is 0.220 e. The molecule has 0 rings (SSSR count). The first-order valence-electron chi connectivity index (χ1n) is 6.29. The van der Waals surface area contributed by atoms with Crippen LogP contribution in [0.25, 0.3) is 0 Å². The highest BCUT2D eigenvalue weighted by atomic mass is 35.5. The van der Waals surface area contributed by atoms with E-state index in [1.165, 1.54) is 0 Å². The molecule has 1 amide bonds. The summed E-state index contributed by atoms with van der Waals surface area (Å²) in [6, 6.07) is 0. The lowest BCUT2D eigenvalue weighted by molar-refractivity contribution is -0.121. The zero-order chi connectivity index (χ0) is 12.2. The van der Waals surface area contributed by atoms with Gasteiger partial charge in [-0.3, -0.25) is 4.79 Å². The maximum atomic E-state index is 11.2. The van der Waals surface area contributed by atoms with Crippen LogP contribution in [0.15, 0.2) is 0 Å². The monoisotopic (exact) mass is 248 g/mol. The molecule has 0 heterocycles. The second kappa shape index (κ2) is 11.2. The fourth-order valence-electron chi connectivity index (χ4n) is 1.54. The molecule has 0 aromatic rings. The quantitative estimate of drug-likeness (QED) is 0.475. The van der Waals surface area contributed by atoms with Crippen molar-refractivity contribution >= 4 is 17.5 Å². The average Bonchev–Trinajstić information content (AvgIpc) is 2.31. The lowest BCUT2D eigenvalue weighted by atomic mass is 10.2. The summed E-state index contributed by atoms with van der Waals surface area (Å²) < 4.78 is 0. The third kappa shape index (κ3) is 8.98. The maximum Gasteiger partial charge on any atom is 0.220 e. The van der Waals surface area contributed by atoms with Crippen molar-refractivity contribution in [1.82, 2.24) is 10.2 Å². The van der Waals surface area contributed by atoms with Crippen molar-refractivity contribution in [1.29, 1.82) is 0 Å². The largest absolute Gasteiger partial charge is 0.356 e. The molecule has 0 spiro atoms. The predicted octanol–water partition coefficient (Wildman–Crippen LogP) is 2.24. The molecule has 0 saturated heterocycles. The second-order valence-corrected chi connectivity index (χ2v) is 4.25. The number of alkyl halides is 1. The summed E-state index contributed by atoms with van der Waals surface area (Å²) in [6.07, 6.45) is 3.53. The van der Waals surface area contributed by atoms with Gasteiger partial charge in [-0.15, -0.1) is 11.6 Å². The number of nitrogens with one attached hydrogen (secondary N) is 1. The highest BCUT2D eigenvalue weighted by molar-refractivity contribution is 6.17. The summed E-state index contributed by atoms with van der Waals surface area (Å²) in [6.45, 7) is 8.50. The second-order valence-electron chi connectivity index (χ2n) is 3.88. The molecule has 3 nitrogen and oxygen atoms in total. The highest BCUT2D eigenvalue weighted by Crippen LogP contribution is 1.95. The molecule has 0 aromatic heterocycles. The summed E-state index contributed by atoms with van der Waals surface area (Å²) in [4.78, 5) is 13.6. The van der Waals surface area contributed by atoms with Crippen LogP contribution >= 0.6 is 11.6 Å². The van der Waals surface area contributed by atoms with Gasteiger partial charge in [-0.05, 0) is 38.9 Å². The van der Waals surface area contributed by atoms with Crippen molar-refractivity contribution in [3.05, 3.63) is 0 Å². The van der Waals surface area contributed by atoms with E-state index in [0.717, 1.165) is 45.4 Å². The van der Waals surface area contributed by atoms with Gasteiger partial charge in [0.1, 0.15) is 0 Å². The molecule has 0 saturated carbocycles. The number of hydrogen-bond donors (Lipinski definition) is 1. The summed E-state index contributed by atoms with van der Waals surface area (Å²) in [7, 11) is 0. The Morgan fingerprint density at radius 1 is 1.19 bits per heavy atom. The van der Waals surface area contributed by atoms with Crippen LogP contribution in [0, 0.1) is 0 Å². The lowest BCUT2D eigenvalue weighted by Crippen LogP contribution is -2.27. The van der Waals surface area contributed by atoms with Crippen LogP contribution in [-0.4, -0.2) is 42.9 Å². The maximum absolute atomic E-state index is 11.2. The third-order valence-corrected chi connectivity index (χ3v) is 2.92. The van der Waals surface area contributed by atoms with Gasteiger partial charge in [0, 0.05) is 18.8 Å². The van der Waals surface area contributed by atoms with Crippen LogP contribution in [0.3, 0.4) is 0 Å². The van der Waals surface area contributed by atoms with Crippen LogP contribution in [-0.2, 0) is 4.79 Å². The number of carbonyl (C=O) groups is 1. The SMILES string of the molecule is CCN(CC)CCCCNC(=O)CCCCl. The molecule has 0 unspecified atom stereocenters. The molecule has 16 heavy (non-hydrogen) atoms. The van der Waals surface area contributed by atoms with Crippen molar-refractivity contribution < 1.29 is 4.79 Å². The van der Waals surface area contributed by atoms with Gasteiger partial charge >= 0.3 is 0 Å². The van der Waals surface area contributed by atoms with E-state index in [4.69, 9.17) is 11.6 Å². The van der Waals surface area contributed by atoms with Crippen LogP contribution in [0.1, 0.15) is 39.5 Å². The van der Waals surface area contributed by atoms with E-state index in [1.54, 1.807) is 0 Å². The van der Waals surface area contributed by atoms with Gasteiger partial charge in [0.15, 0.2) is 0 Å². The molecular weight excluding hydrogens is 224 g/mol. The molecular formula is C12H25ClN2O. The van der Waals surface area contributed by atoms with Crippen molar-refractivity contribution in [2.24, 2.45) is 0 Å². The Kier molecular flexibility index (Phi) is 11.0. The first-order chi connectivity index (χ1) is 7.74. The Morgan fingerprint density at radius 2 is 1.88 bits per heavy atom. The standard InChI is InChI=1S/C12H25ClN2O/c1-3-15(4-2)11-6-5-10-14-12(16)8-7-9-13/h3-11H2,1-2H3,(H,14,16). The molecule has 0 aliphatic rings. The van der Waals surface area contributed by atoms with E-state index in [-0.39, 0.29) is 5.91 Å². The van der Waals surface area contributed by atoms with E-state index in [2.05, 4.69) is 24.1 Å². The minimum absolute atomic E-state index is 0.128. The van der Waals surface area contributed by atoms with Crippen LogP contribution in [0.5, 0.6) is 0 Å². The summed E-state index contributed by atoms with van der Waals surface area (Å²) in [5, 5.41) is 2.91. The summed E-state index contributed by atoms with van der Waals surface area (Å²) in [5.74, 6) is 0.693. The molecule has 0 bridgehead atoms. The fourth-order valence-corrected chi connectivity index (χ4v) is 1.68. The number of carbonyl (C=O) groups excluding carboxylic acids is 1. The molecule has 96 valence electrons. The third-order valence-electron chi connectivity index (χ3n) is 2.66. The Morgan fingerprint density at radius 3 is 2.44 bits per heavy atom. The molecule has 4 heteroatoms. The molecule has 0 radical (unpaired) electrons. The Bertz CT molecular complexity index is 172. The number of rotatable bonds is 10. The van der Waals surface area contributed by atoms with E-state index < -0.39 is 0 Å². The number of unbranched alkanes of at least 4 members (excludes halogenated alkanes) is 1. The van der Waals surface area contributed by atoms with E-state index in [9.17, 15) is 4.79 Å². The number of nitrogens with zero attached hydrogens (tertiary/aromatic N) is 1. The van der Waals surface area contributed by atoms with Crippen molar-refractivity contribution in [3.8, 4) is 0 Å². The summed E-state index contributed by atoms with van der Waals surface area (Å²) >= 11 is 5.51. The van der Waals surface area contributed by atoms with E-state index in [0.29, 0.717) is 12.3 Å². The Balaban J connectivity index is 3.29. The first-order valence-corrected chi connectivity index (χ1v) is 6.83.